The Bertz CT molecular complexity index is 138. The third-order valence-corrected chi connectivity index (χ3v) is 0.534. The molecule has 0 atom stereocenters. The summed E-state index contributed by atoms with van der Waals surface area (Å²) in [5, 5.41) is 15.8. The molecule has 0 heterocycles. The van der Waals surface area contributed by atoms with Gasteiger partial charge in [-0.15, -0.1) is 13.2 Å². The molecule has 0 amide bonds. The van der Waals surface area contributed by atoms with Crippen LogP contribution in [-0.2, 0) is 9.47 Å². The standard InChI is InChI=1S/C4H6O6.C2H4/c1-2(9-3(5)6)10-4(7)8;1-2/h2H,1H3,(H,5,6)(H,7,8);1-2H2. The van der Waals surface area contributed by atoms with Crippen LogP contribution in [0.25, 0.3) is 0 Å². The Morgan fingerprint density at radius 2 is 1.42 bits per heavy atom. The van der Waals surface area contributed by atoms with Gasteiger partial charge in [0.05, 0.1) is 0 Å². The van der Waals surface area contributed by atoms with Gasteiger partial charge in [-0.1, -0.05) is 0 Å². The molecule has 0 aromatic heterocycles. The monoisotopic (exact) mass is 178 g/mol. The van der Waals surface area contributed by atoms with Gasteiger partial charge in [-0.05, 0) is 0 Å². The van der Waals surface area contributed by atoms with E-state index in [0.717, 1.165) is 6.92 Å². The molecular weight excluding hydrogens is 168 g/mol. The highest BCUT2D eigenvalue weighted by molar-refractivity contribution is 5.59. The number of carboxylic acid groups (broad SMARTS) is 2. The number of ether oxygens (including phenoxy) is 2. The summed E-state index contributed by atoms with van der Waals surface area (Å²) < 4.78 is 7.75. The van der Waals surface area contributed by atoms with Crippen LogP contribution in [0.15, 0.2) is 13.2 Å². The zero-order valence-electron chi connectivity index (χ0n) is 6.52. The fourth-order valence-electron chi connectivity index (χ4n) is 0.308. The quantitative estimate of drug-likeness (QED) is 0.378. The maximum absolute atomic E-state index is 9.70. The molecule has 6 heteroatoms. The SMILES string of the molecule is C=C.CC(OC(=O)O)OC(=O)O. The third kappa shape index (κ3) is 11.1. The second kappa shape index (κ2) is 7.39. The van der Waals surface area contributed by atoms with Gasteiger partial charge in [-0.2, -0.15) is 0 Å². The van der Waals surface area contributed by atoms with Crippen LogP contribution in [0, 0.1) is 0 Å². The minimum Gasteiger partial charge on any atom is -0.450 e. The molecule has 70 valence electrons. The van der Waals surface area contributed by atoms with Crippen molar-refractivity contribution in [2.45, 2.75) is 13.2 Å². The summed E-state index contributed by atoms with van der Waals surface area (Å²) in [7, 11) is 0. The summed E-state index contributed by atoms with van der Waals surface area (Å²) in [6.45, 7) is 7.16. The summed E-state index contributed by atoms with van der Waals surface area (Å²) in [6, 6.07) is 0. The van der Waals surface area contributed by atoms with Crippen molar-refractivity contribution in [2.75, 3.05) is 0 Å². The molecule has 2 N–H and O–H groups in total. The Hall–Kier alpha value is -1.72. The predicted molar refractivity (Wildman–Crippen MR) is 38.9 cm³/mol. The fraction of sp³-hybridized carbons (Fsp3) is 0.333. The van der Waals surface area contributed by atoms with Gasteiger partial charge < -0.3 is 19.7 Å². The number of carbonyl (C=O) groups is 2. The normalized spacial score (nSPS) is 7.83. The van der Waals surface area contributed by atoms with E-state index in [1.54, 1.807) is 0 Å². The molecule has 0 spiro atoms. The Balaban J connectivity index is 0. The van der Waals surface area contributed by atoms with Crippen LogP contribution in [0.5, 0.6) is 0 Å². The van der Waals surface area contributed by atoms with E-state index in [4.69, 9.17) is 10.2 Å². The van der Waals surface area contributed by atoms with Crippen molar-refractivity contribution in [1.29, 1.82) is 0 Å². The topological polar surface area (TPSA) is 93.1 Å². The van der Waals surface area contributed by atoms with Crippen LogP contribution in [-0.4, -0.2) is 28.8 Å². The van der Waals surface area contributed by atoms with Gasteiger partial charge in [0, 0.05) is 6.92 Å². The van der Waals surface area contributed by atoms with E-state index in [0.29, 0.717) is 0 Å². The molecule has 0 aliphatic carbocycles. The second-order valence-corrected chi connectivity index (χ2v) is 1.34. The summed E-state index contributed by atoms with van der Waals surface area (Å²) in [6.07, 6.45) is -4.43. The molecule has 0 bridgehead atoms. The Morgan fingerprint density at radius 3 is 1.58 bits per heavy atom. The van der Waals surface area contributed by atoms with Gasteiger partial charge in [0.15, 0.2) is 0 Å². The molecule has 0 radical (unpaired) electrons. The first-order valence-corrected chi connectivity index (χ1v) is 2.81. The van der Waals surface area contributed by atoms with E-state index < -0.39 is 18.6 Å². The lowest BCUT2D eigenvalue weighted by molar-refractivity contribution is -0.0793. The predicted octanol–water partition coefficient (Wildman–Crippen LogP) is 1.52. The first-order valence-electron chi connectivity index (χ1n) is 2.81. The van der Waals surface area contributed by atoms with Crippen molar-refractivity contribution in [1.82, 2.24) is 0 Å². The number of hydrogen-bond donors (Lipinski definition) is 2. The van der Waals surface area contributed by atoms with Gasteiger partial charge in [0.1, 0.15) is 0 Å². The summed E-state index contributed by atoms with van der Waals surface area (Å²) >= 11 is 0. The molecule has 0 saturated carbocycles. The lowest BCUT2D eigenvalue weighted by Crippen LogP contribution is -2.19. The Labute approximate surface area is 69.0 Å². The average molecular weight is 178 g/mol. The minimum atomic E-state index is -1.58. The van der Waals surface area contributed by atoms with Crippen LogP contribution < -0.4 is 0 Å². The highest BCUT2D eigenvalue weighted by Crippen LogP contribution is 1.93. The number of rotatable bonds is 2. The minimum absolute atomic E-state index is 1.16. The van der Waals surface area contributed by atoms with E-state index in [1.165, 1.54) is 0 Å². The van der Waals surface area contributed by atoms with Crippen LogP contribution in [0.1, 0.15) is 6.92 Å². The van der Waals surface area contributed by atoms with E-state index in [9.17, 15) is 9.59 Å². The molecule has 0 aromatic carbocycles. The van der Waals surface area contributed by atoms with E-state index in [2.05, 4.69) is 22.6 Å². The molecule has 0 unspecified atom stereocenters. The molecule has 0 rings (SSSR count). The maximum Gasteiger partial charge on any atom is 0.508 e. The van der Waals surface area contributed by atoms with Crippen molar-refractivity contribution >= 4 is 12.3 Å². The zero-order valence-corrected chi connectivity index (χ0v) is 6.52. The summed E-state index contributed by atoms with van der Waals surface area (Å²) in [5.41, 5.74) is 0. The molecule has 0 aliphatic rings. The molecular formula is C6H10O6. The van der Waals surface area contributed by atoms with Crippen LogP contribution in [0.2, 0.25) is 0 Å². The van der Waals surface area contributed by atoms with Crippen molar-refractivity contribution < 1.29 is 29.3 Å². The van der Waals surface area contributed by atoms with E-state index in [1.807, 2.05) is 0 Å². The average Bonchev–Trinajstić information content (AvgIpc) is 1.87. The lowest BCUT2D eigenvalue weighted by Gasteiger charge is -2.07. The van der Waals surface area contributed by atoms with Gasteiger partial charge in [0.25, 0.3) is 6.29 Å². The molecule has 6 nitrogen and oxygen atoms in total. The highest BCUT2D eigenvalue weighted by atomic mass is 16.8. The van der Waals surface area contributed by atoms with Gasteiger partial charge in [-0.3, -0.25) is 0 Å². The molecule has 0 saturated heterocycles. The van der Waals surface area contributed by atoms with Crippen molar-refractivity contribution in [3.8, 4) is 0 Å². The first-order chi connectivity index (χ1) is 5.52. The van der Waals surface area contributed by atoms with E-state index in [-0.39, 0.29) is 0 Å². The zero-order chi connectivity index (χ0) is 10.1. The molecule has 0 fully saturated rings. The smallest absolute Gasteiger partial charge is 0.450 e. The summed E-state index contributed by atoms with van der Waals surface area (Å²) in [5.74, 6) is 0. The van der Waals surface area contributed by atoms with Crippen LogP contribution in [0.3, 0.4) is 0 Å². The Morgan fingerprint density at radius 1 is 1.17 bits per heavy atom. The molecule has 0 aromatic rings. The van der Waals surface area contributed by atoms with Gasteiger partial charge >= 0.3 is 12.3 Å². The van der Waals surface area contributed by atoms with E-state index >= 15 is 0 Å². The van der Waals surface area contributed by atoms with Crippen LogP contribution in [0.4, 0.5) is 9.59 Å². The molecule has 0 aliphatic heterocycles. The van der Waals surface area contributed by atoms with Gasteiger partial charge in [0.2, 0.25) is 0 Å². The summed E-state index contributed by atoms with van der Waals surface area (Å²) in [4.78, 5) is 19.4. The first kappa shape index (κ1) is 12.9. The third-order valence-electron chi connectivity index (χ3n) is 0.534. The van der Waals surface area contributed by atoms with Crippen molar-refractivity contribution in [3.63, 3.8) is 0 Å². The van der Waals surface area contributed by atoms with Crippen LogP contribution >= 0.6 is 0 Å². The van der Waals surface area contributed by atoms with Gasteiger partial charge in [-0.25, -0.2) is 9.59 Å². The second-order valence-electron chi connectivity index (χ2n) is 1.34. The largest absolute Gasteiger partial charge is 0.508 e. The molecule has 12 heavy (non-hydrogen) atoms. The Kier molecular flexibility index (Phi) is 7.95. The van der Waals surface area contributed by atoms with Crippen molar-refractivity contribution in [3.05, 3.63) is 13.2 Å². The number of hydrogen-bond acceptors (Lipinski definition) is 4. The highest BCUT2D eigenvalue weighted by Gasteiger charge is 2.10. The fourth-order valence-corrected chi connectivity index (χ4v) is 0.308. The lowest BCUT2D eigenvalue weighted by atomic mass is 10.7. The van der Waals surface area contributed by atoms with Crippen molar-refractivity contribution in [2.24, 2.45) is 0 Å². The maximum atomic E-state index is 9.70.